The van der Waals surface area contributed by atoms with Gasteiger partial charge in [0.2, 0.25) is 5.91 Å². The molecule has 1 aliphatic heterocycles. The number of rotatable bonds is 4. The van der Waals surface area contributed by atoms with E-state index in [4.69, 9.17) is 9.47 Å². The third kappa shape index (κ3) is 3.86. The minimum Gasteiger partial charge on any atom is -0.497 e. The first-order valence-corrected chi connectivity index (χ1v) is 13.3. The van der Waals surface area contributed by atoms with E-state index in [1.807, 2.05) is 29.2 Å². The molecule has 6 nitrogen and oxygen atoms in total. The van der Waals surface area contributed by atoms with Crippen LogP contribution in [-0.2, 0) is 22.5 Å². The minimum atomic E-state index is -0.188. The van der Waals surface area contributed by atoms with E-state index >= 15 is 0 Å². The Hall–Kier alpha value is -3.02. The van der Waals surface area contributed by atoms with Crippen LogP contribution in [0.25, 0.3) is 0 Å². The summed E-state index contributed by atoms with van der Waals surface area (Å²) in [6.07, 6.45) is 5.57. The fourth-order valence-corrected chi connectivity index (χ4v) is 8.01. The van der Waals surface area contributed by atoms with Gasteiger partial charge in [0.25, 0.3) is 0 Å². The van der Waals surface area contributed by atoms with Crippen LogP contribution in [0.3, 0.4) is 0 Å². The van der Waals surface area contributed by atoms with E-state index < -0.39 is 0 Å². The fraction of sp³-hybridized carbons (Fsp3) is 0.533. The number of hydrogen-bond donors (Lipinski definition) is 1. The van der Waals surface area contributed by atoms with Gasteiger partial charge in [0.1, 0.15) is 11.9 Å². The molecule has 0 bridgehead atoms. The number of methoxy groups -OCH3 is 1. The highest BCUT2D eigenvalue weighted by molar-refractivity contribution is 5.88. The van der Waals surface area contributed by atoms with Crippen molar-refractivity contribution in [3.8, 4) is 5.75 Å². The van der Waals surface area contributed by atoms with Crippen molar-refractivity contribution >= 4 is 17.7 Å². The molecular weight excluding hydrogens is 452 g/mol. The van der Waals surface area contributed by atoms with Crippen LogP contribution in [0.15, 0.2) is 42.5 Å². The lowest BCUT2D eigenvalue weighted by Gasteiger charge is -2.51. The number of ether oxygens (including phenoxy) is 2. The number of amides is 2. The summed E-state index contributed by atoms with van der Waals surface area (Å²) < 4.78 is 11.7. The van der Waals surface area contributed by atoms with Crippen LogP contribution in [0, 0.1) is 23.2 Å². The number of fused-ring (bicyclic) bond motifs is 7. The highest BCUT2D eigenvalue weighted by atomic mass is 16.6. The molecular formula is C30H36N2O4. The number of nitrogens with one attached hydrogen (secondary N) is 1. The summed E-state index contributed by atoms with van der Waals surface area (Å²) in [6.45, 7) is 5.18. The van der Waals surface area contributed by atoms with Gasteiger partial charge in [-0.25, -0.2) is 4.79 Å². The number of carbonyl (C=O) groups is 2. The van der Waals surface area contributed by atoms with E-state index in [1.165, 1.54) is 30.9 Å². The molecule has 0 aromatic heterocycles. The van der Waals surface area contributed by atoms with E-state index in [1.54, 1.807) is 7.11 Å². The Balaban J connectivity index is 1.18. The zero-order valence-electron chi connectivity index (χ0n) is 21.5. The summed E-state index contributed by atoms with van der Waals surface area (Å²) in [4.78, 5) is 26.3. The average Bonchev–Trinajstić information content (AvgIpc) is 3.16. The molecule has 2 aromatic carbocycles. The quantitative estimate of drug-likeness (QED) is 0.594. The molecule has 36 heavy (non-hydrogen) atoms. The zero-order valence-corrected chi connectivity index (χ0v) is 21.5. The summed E-state index contributed by atoms with van der Waals surface area (Å²) in [5.74, 6) is 3.10. The van der Waals surface area contributed by atoms with Crippen molar-refractivity contribution in [3.63, 3.8) is 0 Å². The normalized spacial score (nSPS) is 32.5. The maximum Gasteiger partial charge on any atom is 0.410 e. The Morgan fingerprint density at radius 3 is 2.75 bits per heavy atom. The van der Waals surface area contributed by atoms with Crippen molar-refractivity contribution < 1.29 is 19.1 Å². The van der Waals surface area contributed by atoms with Crippen LogP contribution in [0.2, 0.25) is 0 Å². The summed E-state index contributed by atoms with van der Waals surface area (Å²) in [5.41, 5.74) is 4.85. The predicted octanol–water partition coefficient (Wildman–Crippen LogP) is 5.76. The van der Waals surface area contributed by atoms with Crippen molar-refractivity contribution in [1.29, 1.82) is 0 Å². The fourth-order valence-electron chi connectivity index (χ4n) is 8.01. The lowest BCUT2D eigenvalue weighted by atomic mass is 9.55. The van der Waals surface area contributed by atoms with Gasteiger partial charge in [-0.05, 0) is 90.8 Å². The molecule has 0 unspecified atom stereocenters. The molecule has 6 rings (SSSR count). The SMILES string of the molecule is COc1ccc2c(c1)CC[C@@H]1[C@@H]2CC[C@]2(C)[C@@H]3OC(=O)N(Cc4ccc(NC(C)=O)cc4)C[C@@H]3C[C@@H]12. The van der Waals surface area contributed by atoms with Gasteiger partial charge < -0.3 is 19.7 Å². The number of nitrogens with zero attached hydrogens (tertiary/aromatic N) is 1. The van der Waals surface area contributed by atoms with Crippen LogP contribution < -0.4 is 10.1 Å². The van der Waals surface area contributed by atoms with Crippen LogP contribution in [0.1, 0.15) is 62.1 Å². The molecule has 190 valence electrons. The lowest BCUT2D eigenvalue weighted by Crippen LogP contribution is -2.51. The molecule has 2 saturated carbocycles. The van der Waals surface area contributed by atoms with Crippen molar-refractivity contribution in [2.75, 3.05) is 19.0 Å². The number of hydrogen-bond acceptors (Lipinski definition) is 4. The molecule has 1 N–H and O–H groups in total. The summed E-state index contributed by atoms with van der Waals surface area (Å²) >= 11 is 0. The van der Waals surface area contributed by atoms with Crippen molar-refractivity contribution in [3.05, 3.63) is 59.2 Å². The third-order valence-corrected chi connectivity index (χ3v) is 9.59. The standard InChI is InChI=1S/C30H36N2O4/c1-18(33)31-22-7-4-19(5-8-22)16-32-17-21-15-27-26-10-6-20-14-23(35-3)9-11-24(20)25(26)12-13-30(27,2)28(21)36-29(32)34/h4-5,7-9,11,14,21,25-28H,6,10,12-13,15-17H2,1-3H3,(H,31,33)/t21-,25+,26+,27-,28+,30-/m0/s1. The molecule has 2 aromatic rings. The van der Waals surface area contributed by atoms with Gasteiger partial charge in [-0.3, -0.25) is 4.79 Å². The molecule has 4 aliphatic rings. The molecule has 1 saturated heterocycles. The number of carbonyl (C=O) groups excluding carboxylic acids is 2. The van der Waals surface area contributed by atoms with Gasteiger partial charge >= 0.3 is 6.09 Å². The Bertz CT molecular complexity index is 1180. The van der Waals surface area contributed by atoms with E-state index in [9.17, 15) is 9.59 Å². The van der Waals surface area contributed by atoms with Crippen molar-refractivity contribution in [2.45, 2.75) is 64.5 Å². The minimum absolute atomic E-state index is 0.0200. The van der Waals surface area contributed by atoms with E-state index in [-0.39, 0.29) is 23.5 Å². The number of anilines is 1. The van der Waals surface area contributed by atoms with E-state index in [2.05, 4.69) is 30.4 Å². The van der Waals surface area contributed by atoms with Crippen molar-refractivity contribution in [2.24, 2.45) is 23.2 Å². The molecule has 0 radical (unpaired) electrons. The molecule has 3 fully saturated rings. The third-order valence-electron chi connectivity index (χ3n) is 9.59. The van der Waals surface area contributed by atoms with Crippen LogP contribution in [-0.4, -0.2) is 36.7 Å². The second kappa shape index (κ2) is 8.82. The zero-order chi connectivity index (χ0) is 25.0. The van der Waals surface area contributed by atoms with Crippen LogP contribution in [0.4, 0.5) is 10.5 Å². The highest BCUT2D eigenvalue weighted by Gasteiger charge is 2.61. The van der Waals surface area contributed by atoms with Gasteiger partial charge in [0.05, 0.1) is 7.11 Å². The lowest BCUT2D eigenvalue weighted by molar-refractivity contribution is -0.114. The first-order chi connectivity index (χ1) is 17.4. The first-order valence-electron chi connectivity index (χ1n) is 13.3. The predicted molar refractivity (Wildman–Crippen MR) is 138 cm³/mol. The molecule has 1 heterocycles. The second-order valence-electron chi connectivity index (χ2n) is 11.6. The average molecular weight is 489 g/mol. The van der Waals surface area contributed by atoms with E-state index in [0.29, 0.717) is 30.2 Å². The monoisotopic (exact) mass is 488 g/mol. The van der Waals surface area contributed by atoms with Crippen molar-refractivity contribution in [1.82, 2.24) is 4.90 Å². The molecule has 6 heteroatoms. The smallest absolute Gasteiger partial charge is 0.410 e. The Morgan fingerprint density at radius 2 is 2.00 bits per heavy atom. The van der Waals surface area contributed by atoms with Gasteiger partial charge in [0, 0.05) is 37.0 Å². The Labute approximate surface area is 213 Å². The second-order valence-corrected chi connectivity index (χ2v) is 11.6. The number of benzene rings is 2. The summed E-state index contributed by atoms with van der Waals surface area (Å²) in [7, 11) is 1.74. The summed E-state index contributed by atoms with van der Waals surface area (Å²) in [5, 5.41) is 2.79. The molecule has 2 amide bonds. The van der Waals surface area contributed by atoms with Gasteiger partial charge in [-0.15, -0.1) is 0 Å². The van der Waals surface area contributed by atoms with Crippen LogP contribution in [0.5, 0.6) is 5.75 Å². The van der Waals surface area contributed by atoms with Gasteiger partial charge in [0.15, 0.2) is 0 Å². The van der Waals surface area contributed by atoms with Crippen LogP contribution >= 0.6 is 0 Å². The highest BCUT2D eigenvalue weighted by Crippen LogP contribution is 2.63. The Kier molecular flexibility index (Phi) is 5.73. The molecule has 3 aliphatic carbocycles. The summed E-state index contributed by atoms with van der Waals surface area (Å²) in [6, 6.07) is 14.4. The van der Waals surface area contributed by atoms with Gasteiger partial charge in [-0.1, -0.05) is 25.1 Å². The molecule has 6 atom stereocenters. The maximum absolute atomic E-state index is 13.1. The number of aryl methyl sites for hydroxylation is 1. The topological polar surface area (TPSA) is 67.9 Å². The first kappa shape index (κ1) is 23.4. The van der Waals surface area contributed by atoms with Gasteiger partial charge in [-0.2, -0.15) is 0 Å². The maximum atomic E-state index is 13.1. The Morgan fingerprint density at radius 1 is 1.19 bits per heavy atom. The van der Waals surface area contributed by atoms with E-state index in [0.717, 1.165) is 42.8 Å². The molecule has 0 spiro atoms. The largest absolute Gasteiger partial charge is 0.497 e.